The third kappa shape index (κ3) is 2.92. The number of hydrogen-bond donors (Lipinski definition) is 0. The van der Waals surface area contributed by atoms with Crippen LogP contribution in [0.25, 0.3) is 11.6 Å². The maximum atomic E-state index is 13.0. The Labute approximate surface area is 134 Å². The van der Waals surface area contributed by atoms with Gasteiger partial charge in [-0.2, -0.15) is 26.3 Å². The average molecular weight is 342 g/mol. The summed E-state index contributed by atoms with van der Waals surface area (Å²) >= 11 is 0. The van der Waals surface area contributed by atoms with E-state index in [0.29, 0.717) is 5.57 Å². The molecule has 2 aromatic carbocycles. The SMILES string of the molecule is CC1C(c2cc(C(F)(F)F)cc(C(F)(F)F)c2)=Cc2ccccc21. The van der Waals surface area contributed by atoms with Gasteiger partial charge in [0.25, 0.3) is 0 Å². The summed E-state index contributed by atoms with van der Waals surface area (Å²) in [6, 6.07) is 8.89. The standard InChI is InChI=1S/C18H12F6/c1-10-15-5-3-2-4-11(15)8-16(10)12-6-13(17(19,20)21)9-14(7-12)18(22,23)24/h2-10H,1H3. The molecule has 24 heavy (non-hydrogen) atoms. The highest BCUT2D eigenvalue weighted by Gasteiger charge is 2.37. The monoisotopic (exact) mass is 342 g/mol. The molecule has 1 unspecified atom stereocenters. The van der Waals surface area contributed by atoms with Gasteiger partial charge in [-0.15, -0.1) is 0 Å². The van der Waals surface area contributed by atoms with Crippen molar-refractivity contribution in [2.24, 2.45) is 0 Å². The van der Waals surface area contributed by atoms with Gasteiger partial charge in [0.15, 0.2) is 0 Å². The number of benzene rings is 2. The Bertz CT molecular complexity index is 779. The molecule has 126 valence electrons. The van der Waals surface area contributed by atoms with Crippen molar-refractivity contribution in [1.82, 2.24) is 0 Å². The molecule has 0 heterocycles. The van der Waals surface area contributed by atoms with E-state index in [2.05, 4.69) is 0 Å². The second kappa shape index (κ2) is 5.40. The minimum atomic E-state index is -4.84. The largest absolute Gasteiger partial charge is 0.416 e. The Kier molecular flexibility index (Phi) is 3.73. The maximum Gasteiger partial charge on any atom is 0.416 e. The first-order valence-electron chi connectivity index (χ1n) is 7.18. The van der Waals surface area contributed by atoms with Gasteiger partial charge in [0, 0.05) is 5.92 Å². The zero-order valence-electron chi connectivity index (χ0n) is 12.5. The van der Waals surface area contributed by atoms with E-state index in [0.717, 1.165) is 23.3 Å². The second-order valence-electron chi connectivity index (χ2n) is 5.74. The van der Waals surface area contributed by atoms with E-state index in [1.165, 1.54) is 0 Å². The fourth-order valence-electron chi connectivity index (χ4n) is 2.95. The predicted octanol–water partition coefficient (Wildman–Crippen LogP) is 6.38. The Hall–Kier alpha value is -2.24. The van der Waals surface area contributed by atoms with E-state index >= 15 is 0 Å². The zero-order chi connectivity index (χ0) is 17.7. The van der Waals surface area contributed by atoms with Crippen molar-refractivity contribution in [3.8, 4) is 0 Å². The van der Waals surface area contributed by atoms with Crippen LogP contribution in [0.4, 0.5) is 26.3 Å². The molecule has 6 heteroatoms. The number of halogens is 6. The van der Waals surface area contributed by atoms with Gasteiger partial charge in [-0.3, -0.25) is 0 Å². The first-order valence-corrected chi connectivity index (χ1v) is 7.18. The summed E-state index contributed by atoms with van der Waals surface area (Å²) in [5, 5.41) is 0. The van der Waals surface area contributed by atoms with Crippen LogP contribution in [-0.4, -0.2) is 0 Å². The van der Waals surface area contributed by atoms with Crippen LogP contribution in [0.15, 0.2) is 42.5 Å². The van der Waals surface area contributed by atoms with Gasteiger partial charge in [0.2, 0.25) is 0 Å². The number of rotatable bonds is 1. The van der Waals surface area contributed by atoms with Crippen molar-refractivity contribution in [1.29, 1.82) is 0 Å². The molecule has 0 N–H and O–H groups in total. The molecule has 1 aliphatic rings. The molecule has 0 saturated heterocycles. The van der Waals surface area contributed by atoms with E-state index < -0.39 is 23.5 Å². The fourth-order valence-corrected chi connectivity index (χ4v) is 2.95. The molecule has 1 aliphatic carbocycles. The number of hydrogen-bond acceptors (Lipinski definition) is 0. The van der Waals surface area contributed by atoms with E-state index in [-0.39, 0.29) is 17.5 Å². The van der Waals surface area contributed by atoms with Crippen molar-refractivity contribution >= 4 is 11.6 Å². The van der Waals surface area contributed by atoms with Gasteiger partial charge < -0.3 is 0 Å². The minimum Gasteiger partial charge on any atom is -0.166 e. The highest BCUT2D eigenvalue weighted by molar-refractivity contribution is 5.91. The van der Waals surface area contributed by atoms with E-state index in [1.807, 2.05) is 6.07 Å². The summed E-state index contributed by atoms with van der Waals surface area (Å²) in [6.45, 7) is 1.77. The summed E-state index contributed by atoms with van der Waals surface area (Å²) in [5.74, 6) is -0.272. The summed E-state index contributed by atoms with van der Waals surface area (Å²) < 4.78 is 78.0. The third-order valence-electron chi connectivity index (χ3n) is 4.16. The quantitative estimate of drug-likeness (QED) is 0.527. The molecule has 1 atom stereocenters. The molecular weight excluding hydrogens is 330 g/mol. The average Bonchev–Trinajstić information content (AvgIpc) is 2.83. The highest BCUT2D eigenvalue weighted by Crippen LogP contribution is 2.44. The lowest BCUT2D eigenvalue weighted by Crippen LogP contribution is -2.12. The highest BCUT2D eigenvalue weighted by atomic mass is 19.4. The van der Waals surface area contributed by atoms with Crippen LogP contribution in [0.1, 0.15) is 40.7 Å². The van der Waals surface area contributed by atoms with Crippen LogP contribution in [0, 0.1) is 0 Å². The van der Waals surface area contributed by atoms with Gasteiger partial charge in [-0.05, 0) is 40.5 Å². The molecule has 0 saturated carbocycles. The fraction of sp³-hybridized carbons (Fsp3) is 0.222. The molecule has 0 spiro atoms. The Morgan fingerprint density at radius 1 is 0.792 bits per heavy atom. The topological polar surface area (TPSA) is 0 Å². The Morgan fingerprint density at radius 2 is 1.33 bits per heavy atom. The van der Waals surface area contributed by atoms with Crippen LogP contribution in [0.5, 0.6) is 0 Å². The summed E-state index contributed by atoms with van der Waals surface area (Å²) in [6.07, 6.45) is -8.04. The lowest BCUT2D eigenvalue weighted by atomic mass is 9.91. The number of fused-ring (bicyclic) bond motifs is 1. The first kappa shape index (κ1) is 16.6. The summed E-state index contributed by atoms with van der Waals surface area (Å²) in [4.78, 5) is 0. The number of allylic oxidation sites excluding steroid dienone is 1. The molecular formula is C18H12F6. The molecule has 3 rings (SSSR count). The van der Waals surface area contributed by atoms with Crippen LogP contribution >= 0.6 is 0 Å². The van der Waals surface area contributed by atoms with Crippen molar-refractivity contribution in [3.63, 3.8) is 0 Å². The molecule has 0 fully saturated rings. The molecule has 0 nitrogen and oxygen atoms in total. The first-order chi connectivity index (χ1) is 11.1. The van der Waals surface area contributed by atoms with Crippen LogP contribution in [0.3, 0.4) is 0 Å². The minimum absolute atomic E-state index is 0.0548. The Morgan fingerprint density at radius 3 is 1.83 bits per heavy atom. The van der Waals surface area contributed by atoms with Crippen molar-refractivity contribution in [3.05, 3.63) is 70.3 Å². The van der Waals surface area contributed by atoms with E-state index in [1.54, 1.807) is 31.2 Å². The molecule has 0 aromatic heterocycles. The lowest BCUT2D eigenvalue weighted by Gasteiger charge is -2.17. The molecule has 2 aromatic rings. The molecule has 0 radical (unpaired) electrons. The normalized spacial score (nSPS) is 17.6. The summed E-state index contributed by atoms with van der Waals surface area (Å²) in [7, 11) is 0. The van der Waals surface area contributed by atoms with Gasteiger partial charge in [0.1, 0.15) is 0 Å². The van der Waals surface area contributed by atoms with E-state index in [4.69, 9.17) is 0 Å². The molecule has 0 bridgehead atoms. The van der Waals surface area contributed by atoms with Gasteiger partial charge >= 0.3 is 12.4 Å². The van der Waals surface area contributed by atoms with E-state index in [9.17, 15) is 26.3 Å². The van der Waals surface area contributed by atoms with Gasteiger partial charge in [-0.25, -0.2) is 0 Å². The molecule has 0 amide bonds. The van der Waals surface area contributed by atoms with Crippen molar-refractivity contribution in [2.45, 2.75) is 25.2 Å². The van der Waals surface area contributed by atoms with Gasteiger partial charge in [-0.1, -0.05) is 37.3 Å². The number of alkyl halides is 6. The molecule has 0 aliphatic heterocycles. The second-order valence-corrected chi connectivity index (χ2v) is 5.74. The zero-order valence-corrected chi connectivity index (χ0v) is 12.5. The summed E-state index contributed by atoms with van der Waals surface area (Å²) in [5.41, 5.74) is -0.495. The smallest absolute Gasteiger partial charge is 0.166 e. The van der Waals surface area contributed by atoms with Crippen molar-refractivity contribution < 1.29 is 26.3 Å². The Balaban J connectivity index is 2.16. The predicted molar refractivity (Wildman–Crippen MR) is 79.2 cm³/mol. The van der Waals surface area contributed by atoms with Gasteiger partial charge in [0.05, 0.1) is 11.1 Å². The van der Waals surface area contributed by atoms with Crippen molar-refractivity contribution in [2.75, 3.05) is 0 Å². The van der Waals surface area contributed by atoms with Crippen LogP contribution in [0.2, 0.25) is 0 Å². The van der Waals surface area contributed by atoms with Crippen LogP contribution < -0.4 is 0 Å². The maximum absolute atomic E-state index is 13.0. The van der Waals surface area contributed by atoms with Crippen LogP contribution in [-0.2, 0) is 12.4 Å². The lowest BCUT2D eigenvalue weighted by molar-refractivity contribution is -0.143. The third-order valence-corrected chi connectivity index (χ3v) is 4.16.